The Kier molecular flexibility index (Phi) is 8.70. The van der Waals surface area contributed by atoms with E-state index >= 15 is 0 Å². The number of fused-ring (bicyclic) bond motifs is 2. The van der Waals surface area contributed by atoms with E-state index in [-0.39, 0.29) is 24.0 Å². The average molecular weight is 502 g/mol. The number of esters is 1. The quantitative estimate of drug-likeness (QED) is 0.157. The smallest absolute Gasteiger partial charge is 0.305 e. The molecule has 0 amide bonds. The van der Waals surface area contributed by atoms with Crippen molar-refractivity contribution in [1.82, 2.24) is 4.98 Å². The molecule has 37 heavy (non-hydrogen) atoms. The highest BCUT2D eigenvalue weighted by molar-refractivity contribution is 6.29. The Morgan fingerprint density at radius 1 is 1.00 bits per heavy atom. The van der Waals surface area contributed by atoms with Crippen molar-refractivity contribution in [3.05, 3.63) is 70.9 Å². The molecule has 4 rings (SSSR count). The fourth-order valence-corrected chi connectivity index (χ4v) is 4.77. The minimum Gasteiger partial charge on any atom is -0.491 e. The summed E-state index contributed by atoms with van der Waals surface area (Å²) in [4.78, 5) is 43.0. The van der Waals surface area contributed by atoms with Gasteiger partial charge in [-0.15, -0.1) is 0 Å². The van der Waals surface area contributed by atoms with Gasteiger partial charge in [-0.2, -0.15) is 0 Å². The normalized spacial score (nSPS) is 15.6. The van der Waals surface area contributed by atoms with Gasteiger partial charge in [0.15, 0.2) is 11.6 Å². The van der Waals surface area contributed by atoms with E-state index in [0.717, 1.165) is 36.6 Å². The first-order chi connectivity index (χ1) is 17.9. The number of para-hydroxylation sites is 1. The van der Waals surface area contributed by atoms with Crippen LogP contribution in [-0.4, -0.2) is 35.7 Å². The molecule has 0 bridgehead atoms. The van der Waals surface area contributed by atoms with Crippen molar-refractivity contribution in [3.63, 3.8) is 0 Å². The molecule has 0 N–H and O–H groups in total. The second kappa shape index (κ2) is 12.1. The predicted molar refractivity (Wildman–Crippen MR) is 143 cm³/mol. The van der Waals surface area contributed by atoms with Crippen molar-refractivity contribution in [2.24, 2.45) is 5.92 Å². The number of aromatic nitrogens is 1. The maximum absolute atomic E-state index is 13.1. The predicted octanol–water partition coefficient (Wildman–Crippen LogP) is 6.62. The van der Waals surface area contributed by atoms with Gasteiger partial charge in [0, 0.05) is 22.9 Å². The summed E-state index contributed by atoms with van der Waals surface area (Å²) >= 11 is 0. The zero-order chi connectivity index (χ0) is 26.4. The standard InChI is InChI=1S/C31H35NO5/c1-4-6-9-21(5-2)19-37-27(33)12-8-17-36-26-11-7-10-22-14-16-25(32-29(22)26)28-30(34)23-15-13-20(3)18-24(23)31(28)35/h7,10-11,13-16,18,21,28H,4-6,8-9,12,17,19H2,1-3H3. The van der Waals surface area contributed by atoms with Crippen molar-refractivity contribution in [2.75, 3.05) is 13.2 Å². The first-order valence-corrected chi connectivity index (χ1v) is 13.3. The summed E-state index contributed by atoms with van der Waals surface area (Å²) in [6.45, 7) is 7.01. The molecule has 0 spiro atoms. The summed E-state index contributed by atoms with van der Waals surface area (Å²) in [5, 5.41) is 0.851. The van der Waals surface area contributed by atoms with Crippen molar-refractivity contribution >= 4 is 28.4 Å². The van der Waals surface area contributed by atoms with Crippen LogP contribution in [0.15, 0.2) is 48.5 Å². The number of ether oxygens (including phenoxy) is 2. The van der Waals surface area contributed by atoms with Crippen LogP contribution < -0.4 is 4.74 Å². The number of carbonyl (C=O) groups excluding carboxylic acids is 3. The third-order valence-corrected chi connectivity index (χ3v) is 7.04. The van der Waals surface area contributed by atoms with E-state index in [1.807, 2.05) is 37.3 Å². The number of rotatable bonds is 12. The maximum atomic E-state index is 13.1. The molecule has 1 heterocycles. The lowest BCUT2D eigenvalue weighted by Gasteiger charge is -2.14. The van der Waals surface area contributed by atoms with Crippen LogP contribution in [-0.2, 0) is 9.53 Å². The summed E-state index contributed by atoms with van der Waals surface area (Å²) in [7, 11) is 0. The topological polar surface area (TPSA) is 82.6 Å². The van der Waals surface area contributed by atoms with Crippen molar-refractivity contribution in [1.29, 1.82) is 0 Å². The number of hydrogen-bond acceptors (Lipinski definition) is 6. The van der Waals surface area contributed by atoms with E-state index in [1.54, 1.807) is 18.2 Å². The Labute approximate surface area is 218 Å². The summed E-state index contributed by atoms with van der Waals surface area (Å²) in [5.74, 6) is -0.592. The molecule has 6 nitrogen and oxygen atoms in total. The minimum atomic E-state index is -0.937. The number of Topliss-reactive ketones (excluding diaryl/α,β-unsaturated/α-hetero) is 2. The zero-order valence-electron chi connectivity index (χ0n) is 21.9. The van der Waals surface area contributed by atoms with Gasteiger partial charge in [0.1, 0.15) is 17.2 Å². The third kappa shape index (κ3) is 6.07. The SMILES string of the molecule is CCCCC(CC)COC(=O)CCCOc1cccc2ccc(C3C(=O)c4ccc(C)cc4C3=O)nc12. The highest BCUT2D eigenvalue weighted by atomic mass is 16.5. The summed E-state index contributed by atoms with van der Waals surface area (Å²) < 4.78 is 11.4. The molecule has 1 aliphatic carbocycles. The van der Waals surface area contributed by atoms with Gasteiger partial charge in [0.2, 0.25) is 0 Å². The van der Waals surface area contributed by atoms with Crippen LogP contribution in [0.25, 0.3) is 10.9 Å². The van der Waals surface area contributed by atoms with E-state index in [4.69, 9.17) is 14.5 Å². The van der Waals surface area contributed by atoms with Crippen LogP contribution in [0, 0.1) is 12.8 Å². The van der Waals surface area contributed by atoms with Gasteiger partial charge in [-0.1, -0.05) is 69.0 Å². The lowest BCUT2D eigenvalue weighted by molar-refractivity contribution is -0.145. The van der Waals surface area contributed by atoms with Crippen LogP contribution in [0.1, 0.15) is 90.3 Å². The van der Waals surface area contributed by atoms with Crippen molar-refractivity contribution < 1.29 is 23.9 Å². The summed E-state index contributed by atoms with van der Waals surface area (Å²) in [6.07, 6.45) is 5.21. The first-order valence-electron chi connectivity index (χ1n) is 13.3. The van der Waals surface area contributed by atoms with Gasteiger partial charge < -0.3 is 9.47 Å². The molecule has 0 radical (unpaired) electrons. The van der Waals surface area contributed by atoms with Crippen molar-refractivity contribution in [2.45, 2.75) is 65.2 Å². The molecule has 1 aromatic heterocycles. The molecule has 194 valence electrons. The maximum Gasteiger partial charge on any atom is 0.305 e. The van der Waals surface area contributed by atoms with E-state index in [9.17, 15) is 14.4 Å². The largest absolute Gasteiger partial charge is 0.491 e. The Hall–Kier alpha value is -3.54. The number of nitrogens with zero attached hydrogens (tertiary/aromatic N) is 1. The molecule has 3 aromatic rings. The van der Waals surface area contributed by atoms with Crippen LogP contribution in [0.4, 0.5) is 0 Å². The lowest BCUT2D eigenvalue weighted by Crippen LogP contribution is -2.15. The van der Waals surface area contributed by atoms with Gasteiger partial charge in [-0.3, -0.25) is 14.4 Å². The van der Waals surface area contributed by atoms with Crippen molar-refractivity contribution in [3.8, 4) is 5.75 Å². The molecule has 0 aliphatic heterocycles. The average Bonchev–Trinajstić information content (AvgIpc) is 3.15. The minimum absolute atomic E-state index is 0.204. The Balaban J connectivity index is 1.39. The van der Waals surface area contributed by atoms with Gasteiger partial charge in [0.25, 0.3) is 0 Å². The molecule has 0 saturated carbocycles. The molecule has 1 aliphatic rings. The molecule has 2 atom stereocenters. The number of pyridine rings is 1. The highest BCUT2D eigenvalue weighted by Gasteiger charge is 2.40. The molecule has 6 heteroatoms. The molecule has 0 fully saturated rings. The van der Waals surface area contributed by atoms with Crippen LogP contribution in [0.3, 0.4) is 0 Å². The molecular formula is C31H35NO5. The number of ketones is 2. The van der Waals surface area contributed by atoms with Crippen LogP contribution >= 0.6 is 0 Å². The van der Waals surface area contributed by atoms with E-state index in [2.05, 4.69) is 13.8 Å². The molecule has 2 unspecified atom stereocenters. The molecular weight excluding hydrogens is 466 g/mol. The number of carbonyl (C=O) groups is 3. The second-order valence-corrected chi connectivity index (χ2v) is 9.83. The van der Waals surface area contributed by atoms with Crippen LogP contribution in [0.5, 0.6) is 5.75 Å². The summed E-state index contributed by atoms with van der Waals surface area (Å²) in [6, 6.07) is 14.5. The first kappa shape index (κ1) is 26.5. The van der Waals surface area contributed by atoms with E-state index in [0.29, 0.717) is 53.6 Å². The van der Waals surface area contributed by atoms with E-state index in [1.165, 1.54) is 0 Å². The van der Waals surface area contributed by atoms with E-state index < -0.39 is 5.92 Å². The fourth-order valence-electron chi connectivity index (χ4n) is 4.77. The number of unbranched alkanes of at least 4 members (excludes halogenated alkanes) is 1. The fraction of sp³-hybridized carbons (Fsp3) is 0.419. The summed E-state index contributed by atoms with van der Waals surface area (Å²) in [5.41, 5.74) is 2.87. The molecule has 0 saturated heterocycles. The Morgan fingerprint density at radius 2 is 1.81 bits per heavy atom. The zero-order valence-corrected chi connectivity index (χ0v) is 21.9. The van der Waals surface area contributed by atoms with Crippen LogP contribution in [0.2, 0.25) is 0 Å². The van der Waals surface area contributed by atoms with Gasteiger partial charge in [-0.25, -0.2) is 4.98 Å². The second-order valence-electron chi connectivity index (χ2n) is 9.83. The third-order valence-electron chi connectivity index (χ3n) is 7.04. The Bertz CT molecular complexity index is 1300. The monoisotopic (exact) mass is 501 g/mol. The van der Waals surface area contributed by atoms with Gasteiger partial charge in [-0.05, 0) is 43.9 Å². The lowest BCUT2D eigenvalue weighted by atomic mass is 9.98. The number of hydrogen-bond donors (Lipinski definition) is 0. The van der Waals surface area contributed by atoms with Gasteiger partial charge >= 0.3 is 5.97 Å². The molecule has 2 aromatic carbocycles. The Morgan fingerprint density at radius 3 is 2.59 bits per heavy atom. The number of aryl methyl sites for hydroxylation is 1. The number of benzene rings is 2. The highest BCUT2D eigenvalue weighted by Crippen LogP contribution is 2.35. The van der Waals surface area contributed by atoms with Gasteiger partial charge in [0.05, 0.1) is 18.9 Å².